The molecule has 2 N–H and O–H groups in total. The molecule has 1 atom stereocenters. The van der Waals surface area contributed by atoms with E-state index in [4.69, 9.17) is 22.7 Å². The molecular formula is C17H26N2OS. The number of likely N-dealkylation sites (tertiary alicyclic amines) is 1. The maximum absolute atomic E-state index is 5.81. The molecule has 3 nitrogen and oxygen atoms in total. The Balaban J connectivity index is 1.72. The average molecular weight is 306 g/mol. The highest BCUT2D eigenvalue weighted by atomic mass is 32.1. The lowest BCUT2D eigenvalue weighted by Crippen LogP contribution is -2.29. The molecule has 1 unspecified atom stereocenters. The van der Waals surface area contributed by atoms with Crippen molar-refractivity contribution in [2.75, 3.05) is 26.2 Å². The van der Waals surface area contributed by atoms with Gasteiger partial charge in [-0.1, -0.05) is 25.6 Å². The number of thiocarbonyl (C=S) groups is 1. The topological polar surface area (TPSA) is 38.5 Å². The molecule has 0 spiro atoms. The predicted molar refractivity (Wildman–Crippen MR) is 91.9 cm³/mol. The number of hydrogen-bond acceptors (Lipinski definition) is 3. The van der Waals surface area contributed by atoms with Crippen molar-refractivity contribution >= 4 is 17.2 Å². The van der Waals surface area contributed by atoms with E-state index in [1.807, 2.05) is 24.3 Å². The maximum atomic E-state index is 5.81. The van der Waals surface area contributed by atoms with Gasteiger partial charge < -0.3 is 10.5 Å². The van der Waals surface area contributed by atoms with Crippen LogP contribution in [-0.2, 0) is 0 Å². The largest absolute Gasteiger partial charge is 0.492 e. The first kappa shape index (κ1) is 16.2. The van der Waals surface area contributed by atoms with Crippen LogP contribution in [0.25, 0.3) is 0 Å². The van der Waals surface area contributed by atoms with E-state index in [9.17, 15) is 0 Å². The van der Waals surface area contributed by atoms with Crippen LogP contribution in [0.1, 0.15) is 38.2 Å². The van der Waals surface area contributed by atoms with Gasteiger partial charge in [0.25, 0.3) is 0 Å². The van der Waals surface area contributed by atoms with Crippen molar-refractivity contribution in [3.05, 3.63) is 29.8 Å². The zero-order chi connectivity index (χ0) is 15.1. The summed E-state index contributed by atoms with van der Waals surface area (Å²) >= 11 is 4.94. The molecule has 1 aromatic carbocycles. The van der Waals surface area contributed by atoms with Gasteiger partial charge in [-0.2, -0.15) is 0 Å². The van der Waals surface area contributed by atoms with Crippen LogP contribution < -0.4 is 10.5 Å². The van der Waals surface area contributed by atoms with Crippen molar-refractivity contribution in [3.63, 3.8) is 0 Å². The first-order valence-electron chi connectivity index (χ1n) is 7.94. The summed E-state index contributed by atoms with van der Waals surface area (Å²) in [6.45, 7) is 6.47. The van der Waals surface area contributed by atoms with Crippen molar-refractivity contribution in [3.8, 4) is 5.75 Å². The normalized spacial score (nSPS) is 20.0. The fourth-order valence-electron chi connectivity index (χ4n) is 2.86. The van der Waals surface area contributed by atoms with Gasteiger partial charge in [-0.05, 0) is 62.5 Å². The number of ether oxygens (including phenoxy) is 1. The number of rotatable bonds is 6. The minimum atomic E-state index is 0.427. The number of nitrogens with zero attached hydrogens (tertiary/aromatic N) is 1. The van der Waals surface area contributed by atoms with Crippen molar-refractivity contribution in [1.29, 1.82) is 0 Å². The molecule has 0 aliphatic carbocycles. The van der Waals surface area contributed by atoms with Crippen LogP contribution in [0, 0.1) is 5.92 Å². The van der Waals surface area contributed by atoms with Crippen LogP contribution in [-0.4, -0.2) is 36.1 Å². The Labute approximate surface area is 133 Å². The van der Waals surface area contributed by atoms with Gasteiger partial charge in [0.15, 0.2) is 0 Å². The smallest absolute Gasteiger partial charge is 0.119 e. The van der Waals surface area contributed by atoms with Crippen LogP contribution in [0.2, 0.25) is 0 Å². The molecule has 0 bridgehead atoms. The summed E-state index contributed by atoms with van der Waals surface area (Å²) in [5, 5.41) is 0. The highest BCUT2D eigenvalue weighted by molar-refractivity contribution is 7.80. The molecule has 1 aliphatic rings. The van der Waals surface area contributed by atoms with Crippen LogP contribution >= 0.6 is 12.2 Å². The molecule has 1 saturated heterocycles. The molecule has 0 saturated carbocycles. The summed E-state index contributed by atoms with van der Waals surface area (Å²) in [6.07, 6.45) is 5.36. The molecule has 0 aromatic heterocycles. The second-order valence-corrected chi connectivity index (χ2v) is 6.22. The van der Waals surface area contributed by atoms with E-state index in [0.717, 1.165) is 30.4 Å². The van der Waals surface area contributed by atoms with E-state index in [1.165, 1.54) is 38.8 Å². The highest BCUT2D eigenvalue weighted by Gasteiger charge is 2.15. The summed E-state index contributed by atoms with van der Waals surface area (Å²) in [7, 11) is 0. The Hall–Kier alpha value is -1.13. The van der Waals surface area contributed by atoms with E-state index in [2.05, 4.69) is 11.8 Å². The lowest BCUT2D eigenvalue weighted by molar-refractivity contribution is 0.212. The van der Waals surface area contributed by atoms with E-state index >= 15 is 0 Å². The van der Waals surface area contributed by atoms with Gasteiger partial charge in [0, 0.05) is 12.1 Å². The Kier molecular flexibility index (Phi) is 6.46. The summed E-state index contributed by atoms with van der Waals surface area (Å²) in [4.78, 5) is 2.95. The van der Waals surface area contributed by atoms with Crippen LogP contribution in [0.5, 0.6) is 5.75 Å². The monoisotopic (exact) mass is 306 g/mol. The molecule has 1 aromatic rings. The van der Waals surface area contributed by atoms with Gasteiger partial charge in [-0.15, -0.1) is 0 Å². The lowest BCUT2D eigenvalue weighted by Gasteiger charge is -2.20. The van der Waals surface area contributed by atoms with E-state index in [0.29, 0.717) is 4.99 Å². The second kappa shape index (κ2) is 8.35. The third-order valence-corrected chi connectivity index (χ3v) is 4.57. The van der Waals surface area contributed by atoms with Crippen molar-refractivity contribution in [2.24, 2.45) is 11.7 Å². The Morgan fingerprint density at radius 1 is 1.29 bits per heavy atom. The van der Waals surface area contributed by atoms with Crippen molar-refractivity contribution in [2.45, 2.75) is 32.6 Å². The maximum Gasteiger partial charge on any atom is 0.119 e. The fraction of sp³-hybridized carbons (Fsp3) is 0.588. The zero-order valence-corrected chi connectivity index (χ0v) is 13.7. The van der Waals surface area contributed by atoms with Crippen LogP contribution in [0.15, 0.2) is 24.3 Å². The van der Waals surface area contributed by atoms with Gasteiger partial charge in [0.1, 0.15) is 17.3 Å². The van der Waals surface area contributed by atoms with Crippen molar-refractivity contribution in [1.82, 2.24) is 4.90 Å². The van der Waals surface area contributed by atoms with Gasteiger partial charge in [-0.25, -0.2) is 0 Å². The Morgan fingerprint density at radius 2 is 2.05 bits per heavy atom. The number of benzene rings is 1. The summed E-state index contributed by atoms with van der Waals surface area (Å²) < 4.78 is 5.81. The molecule has 0 amide bonds. The van der Waals surface area contributed by atoms with Crippen molar-refractivity contribution < 1.29 is 4.74 Å². The third-order valence-electron chi connectivity index (χ3n) is 4.33. The van der Waals surface area contributed by atoms with E-state index in [1.54, 1.807) is 0 Å². The quantitative estimate of drug-likeness (QED) is 0.819. The van der Waals surface area contributed by atoms with E-state index < -0.39 is 0 Å². The van der Waals surface area contributed by atoms with Crippen LogP contribution in [0.4, 0.5) is 0 Å². The third kappa shape index (κ3) is 5.29. The minimum Gasteiger partial charge on any atom is -0.492 e. The predicted octanol–water partition coefficient (Wildman–Crippen LogP) is 3.21. The molecular weight excluding hydrogens is 280 g/mol. The minimum absolute atomic E-state index is 0.427. The Bertz CT molecular complexity index is 447. The van der Waals surface area contributed by atoms with Gasteiger partial charge >= 0.3 is 0 Å². The molecule has 1 fully saturated rings. The van der Waals surface area contributed by atoms with Gasteiger partial charge in [-0.3, -0.25) is 4.90 Å². The van der Waals surface area contributed by atoms with Crippen LogP contribution in [0.3, 0.4) is 0 Å². The molecule has 0 radical (unpaired) electrons. The molecule has 116 valence electrons. The summed E-state index contributed by atoms with van der Waals surface area (Å²) in [6, 6.07) is 7.69. The first-order valence-corrected chi connectivity index (χ1v) is 8.35. The Morgan fingerprint density at radius 3 is 2.71 bits per heavy atom. The molecule has 1 aliphatic heterocycles. The molecule has 2 rings (SSSR count). The zero-order valence-electron chi connectivity index (χ0n) is 12.9. The average Bonchev–Trinajstić information content (AvgIpc) is 2.73. The molecule has 21 heavy (non-hydrogen) atoms. The molecule has 1 heterocycles. The number of nitrogens with two attached hydrogens (primary N) is 1. The summed E-state index contributed by atoms with van der Waals surface area (Å²) in [5.74, 6) is 1.81. The molecule has 4 heteroatoms. The highest BCUT2D eigenvalue weighted by Crippen LogP contribution is 2.20. The van der Waals surface area contributed by atoms with Gasteiger partial charge in [0.05, 0.1) is 0 Å². The van der Waals surface area contributed by atoms with E-state index in [-0.39, 0.29) is 0 Å². The second-order valence-electron chi connectivity index (χ2n) is 5.78. The lowest BCUT2D eigenvalue weighted by atomic mass is 9.98. The first-order chi connectivity index (χ1) is 10.2. The summed E-state index contributed by atoms with van der Waals surface area (Å²) in [5.41, 5.74) is 6.47. The van der Waals surface area contributed by atoms with Gasteiger partial charge in [0.2, 0.25) is 0 Å². The standard InChI is InChI=1S/C17H26N2OS/c1-2-14-4-3-10-19(11-9-14)12-13-20-16-7-5-15(6-8-16)17(18)21/h5-8,14H,2-4,9-13H2,1H3,(H2,18,21). The SMILES string of the molecule is CCC1CCCN(CCOc2ccc(C(N)=S)cc2)CC1. The fourth-order valence-corrected chi connectivity index (χ4v) is 3.00. The number of hydrogen-bond donors (Lipinski definition) is 1.